The standard InChI is InChI=1S/C19H13ClFN5/c1-22-18-13-4-2-11(14-9-12(20)3-5-15(14)21)8-16(13)25-19(26-18)17-10-23-6-7-24-17/h2-10H,1H3,(H,22,25,26). The lowest BCUT2D eigenvalue weighted by Gasteiger charge is -2.10. The van der Waals surface area contributed by atoms with Gasteiger partial charge in [0.25, 0.3) is 0 Å². The minimum atomic E-state index is -0.342. The van der Waals surface area contributed by atoms with Crippen molar-refractivity contribution >= 4 is 28.3 Å². The first-order valence-electron chi connectivity index (χ1n) is 7.87. The van der Waals surface area contributed by atoms with Gasteiger partial charge in [0.1, 0.15) is 17.3 Å². The molecule has 2 heterocycles. The molecule has 0 bridgehead atoms. The predicted molar refractivity (Wildman–Crippen MR) is 101 cm³/mol. The predicted octanol–water partition coefficient (Wildman–Crippen LogP) is 4.59. The first-order chi connectivity index (χ1) is 12.7. The maximum Gasteiger partial charge on any atom is 0.182 e. The molecule has 0 atom stereocenters. The molecular weight excluding hydrogens is 353 g/mol. The van der Waals surface area contributed by atoms with E-state index in [1.807, 2.05) is 18.2 Å². The molecule has 5 nitrogen and oxygen atoms in total. The van der Waals surface area contributed by atoms with Crippen molar-refractivity contribution in [2.24, 2.45) is 0 Å². The second-order valence-electron chi connectivity index (χ2n) is 5.59. The number of fused-ring (bicyclic) bond motifs is 1. The lowest BCUT2D eigenvalue weighted by atomic mass is 10.0. The largest absolute Gasteiger partial charge is 0.373 e. The van der Waals surface area contributed by atoms with Gasteiger partial charge in [-0.1, -0.05) is 17.7 Å². The summed E-state index contributed by atoms with van der Waals surface area (Å²) in [5.41, 5.74) is 2.33. The lowest BCUT2D eigenvalue weighted by Crippen LogP contribution is -2.00. The molecule has 0 fully saturated rings. The van der Waals surface area contributed by atoms with E-state index >= 15 is 0 Å². The van der Waals surface area contributed by atoms with Gasteiger partial charge in [-0.05, 0) is 35.9 Å². The van der Waals surface area contributed by atoms with Gasteiger partial charge in [-0.25, -0.2) is 19.3 Å². The van der Waals surface area contributed by atoms with E-state index in [0.29, 0.717) is 39.0 Å². The molecule has 0 radical (unpaired) electrons. The van der Waals surface area contributed by atoms with Crippen LogP contribution < -0.4 is 5.32 Å². The van der Waals surface area contributed by atoms with Crippen LogP contribution in [0.3, 0.4) is 0 Å². The molecule has 0 saturated heterocycles. The molecule has 4 rings (SSSR count). The van der Waals surface area contributed by atoms with Crippen molar-refractivity contribution in [2.75, 3.05) is 12.4 Å². The first kappa shape index (κ1) is 16.4. The van der Waals surface area contributed by atoms with Crippen LogP contribution in [-0.4, -0.2) is 27.0 Å². The van der Waals surface area contributed by atoms with Gasteiger partial charge in [-0.15, -0.1) is 0 Å². The van der Waals surface area contributed by atoms with Gasteiger partial charge < -0.3 is 5.32 Å². The minimum Gasteiger partial charge on any atom is -0.373 e. The molecule has 0 saturated carbocycles. The van der Waals surface area contributed by atoms with Crippen LogP contribution in [0.25, 0.3) is 33.5 Å². The van der Waals surface area contributed by atoms with Crippen LogP contribution in [0.5, 0.6) is 0 Å². The Morgan fingerprint density at radius 3 is 2.69 bits per heavy atom. The van der Waals surface area contributed by atoms with E-state index in [1.54, 1.807) is 31.7 Å². The number of hydrogen-bond donors (Lipinski definition) is 1. The fraction of sp³-hybridized carbons (Fsp3) is 0.0526. The van der Waals surface area contributed by atoms with Crippen LogP contribution >= 0.6 is 11.6 Å². The van der Waals surface area contributed by atoms with E-state index in [0.717, 1.165) is 5.39 Å². The molecule has 26 heavy (non-hydrogen) atoms. The first-order valence-corrected chi connectivity index (χ1v) is 8.25. The average molecular weight is 366 g/mol. The monoisotopic (exact) mass is 365 g/mol. The van der Waals surface area contributed by atoms with Crippen molar-refractivity contribution in [1.82, 2.24) is 19.9 Å². The molecule has 7 heteroatoms. The lowest BCUT2D eigenvalue weighted by molar-refractivity contribution is 0.631. The molecule has 0 aliphatic carbocycles. The van der Waals surface area contributed by atoms with Crippen LogP contribution in [0.2, 0.25) is 5.02 Å². The third-order valence-corrected chi connectivity index (χ3v) is 4.20. The number of nitrogens with one attached hydrogen (secondary N) is 1. The summed E-state index contributed by atoms with van der Waals surface area (Å²) in [7, 11) is 1.78. The van der Waals surface area contributed by atoms with Gasteiger partial charge in [0, 0.05) is 35.4 Å². The van der Waals surface area contributed by atoms with Crippen LogP contribution in [0.1, 0.15) is 0 Å². The highest BCUT2D eigenvalue weighted by Crippen LogP contribution is 2.31. The second kappa shape index (κ2) is 6.65. The Morgan fingerprint density at radius 2 is 1.92 bits per heavy atom. The third-order valence-electron chi connectivity index (χ3n) is 3.97. The Labute approximate surface area is 153 Å². The Hall–Kier alpha value is -3.12. The van der Waals surface area contributed by atoms with E-state index in [4.69, 9.17) is 11.6 Å². The molecule has 4 aromatic rings. The average Bonchev–Trinajstić information content (AvgIpc) is 2.69. The van der Waals surface area contributed by atoms with Crippen LogP contribution in [0.4, 0.5) is 10.2 Å². The quantitative estimate of drug-likeness (QED) is 0.575. The zero-order valence-corrected chi connectivity index (χ0v) is 14.5. The second-order valence-corrected chi connectivity index (χ2v) is 6.03. The number of nitrogens with zero attached hydrogens (tertiary/aromatic N) is 4. The molecular formula is C19H13ClFN5. The van der Waals surface area contributed by atoms with E-state index in [2.05, 4.69) is 25.3 Å². The highest BCUT2D eigenvalue weighted by molar-refractivity contribution is 6.30. The molecule has 0 aliphatic rings. The third kappa shape index (κ3) is 2.95. The molecule has 2 aromatic carbocycles. The summed E-state index contributed by atoms with van der Waals surface area (Å²) >= 11 is 6.02. The molecule has 2 aromatic heterocycles. The number of hydrogen-bond acceptors (Lipinski definition) is 5. The van der Waals surface area contributed by atoms with Crippen molar-refractivity contribution in [3.8, 4) is 22.6 Å². The summed E-state index contributed by atoms with van der Waals surface area (Å²) in [5, 5.41) is 4.36. The maximum atomic E-state index is 14.2. The molecule has 128 valence electrons. The smallest absolute Gasteiger partial charge is 0.182 e. The van der Waals surface area contributed by atoms with E-state index in [1.165, 1.54) is 12.1 Å². The van der Waals surface area contributed by atoms with Gasteiger partial charge in [-0.2, -0.15) is 0 Å². The Morgan fingerprint density at radius 1 is 1.04 bits per heavy atom. The van der Waals surface area contributed by atoms with Crippen molar-refractivity contribution in [2.45, 2.75) is 0 Å². The number of anilines is 1. The summed E-state index contributed by atoms with van der Waals surface area (Å²) in [6.07, 6.45) is 4.77. The Bertz CT molecular complexity index is 1100. The fourth-order valence-electron chi connectivity index (χ4n) is 2.74. The van der Waals surface area contributed by atoms with Gasteiger partial charge in [-0.3, -0.25) is 4.98 Å². The summed E-state index contributed by atoms with van der Waals surface area (Å²) < 4.78 is 14.2. The molecule has 1 N–H and O–H groups in total. The zero-order valence-electron chi connectivity index (χ0n) is 13.7. The molecule has 0 aliphatic heterocycles. The summed E-state index contributed by atoms with van der Waals surface area (Å²) in [5.74, 6) is 0.762. The molecule has 0 spiro atoms. The highest BCUT2D eigenvalue weighted by Gasteiger charge is 2.12. The SMILES string of the molecule is CNc1nc(-c2cnccn2)nc2cc(-c3cc(Cl)ccc3F)ccc12. The van der Waals surface area contributed by atoms with Crippen molar-refractivity contribution in [1.29, 1.82) is 0 Å². The van der Waals surface area contributed by atoms with Gasteiger partial charge >= 0.3 is 0 Å². The van der Waals surface area contributed by atoms with Crippen molar-refractivity contribution < 1.29 is 4.39 Å². The van der Waals surface area contributed by atoms with E-state index in [9.17, 15) is 4.39 Å². The topological polar surface area (TPSA) is 63.6 Å². The zero-order chi connectivity index (χ0) is 18.1. The Kier molecular flexibility index (Phi) is 4.18. The van der Waals surface area contributed by atoms with Crippen LogP contribution in [0, 0.1) is 5.82 Å². The van der Waals surface area contributed by atoms with Crippen molar-refractivity contribution in [3.63, 3.8) is 0 Å². The highest BCUT2D eigenvalue weighted by atomic mass is 35.5. The van der Waals surface area contributed by atoms with Crippen LogP contribution in [-0.2, 0) is 0 Å². The van der Waals surface area contributed by atoms with E-state index in [-0.39, 0.29) is 5.82 Å². The maximum absolute atomic E-state index is 14.2. The summed E-state index contributed by atoms with van der Waals surface area (Å²) in [6, 6.07) is 9.97. The summed E-state index contributed by atoms with van der Waals surface area (Å²) in [6.45, 7) is 0. The van der Waals surface area contributed by atoms with Gasteiger partial charge in [0.05, 0.1) is 11.7 Å². The number of halogens is 2. The van der Waals surface area contributed by atoms with E-state index < -0.39 is 0 Å². The van der Waals surface area contributed by atoms with Crippen LogP contribution in [0.15, 0.2) is 55.0 Å². The molecule has 0 unspecified atom stereocenters. The fourth-order valence-corrected chi connectivity index (χ4v) is 2.91. The molecule has 0 amide bonds. The van der Waals surface area contributed by atoms with Gasteiger partial charge in [0.15, 0.2) is 5.82 Å². The minimum absolute atomic E-state index is 0.342. The summed E-state index contributed by atoms with van der Waals surface area (Å²) in [4.78, 5) is 17.4. The normalized spacial score (nSPS) is 10.9. The number of aromatic nitrogens is 4. The van der Waals surface area contributed by atoms with Crippen molar-refractivity contribution in [3.05, 3.63) is 65.8 Å². The number of rotatable bonds is 3. The van der Waals surface area contributed by atoms with Gasteiger partial charge in [0.2, 0.25) is 0 Å². The Balaban J connectivity index is 1.93. The number of benzene rings is 2.